The molecular weight excluding hydrogens is 260 g/mol. The fraction of sp³-hybridized carbons (Fsp3) is 0.385. The Hall–Kier alpha value is -2.44. The molecule has 0 saturated heterocycles. The summed E-state index contributed by atoms with van der Waals surface area (Å²) in [5.74, 6) is 0.487. The van der Waals surface area contributed by atoms with Crippen LogP contribution in [0.4, 0.5) is 5.69 Å². The van der Waals surface area contributed by atoms with E-state index in [0.29, 0.717) is 36.1 Å². The van der Waals surface area contributed by atoms with Gasteiger partial charge in [-0.15, -0.1) is 0 Å². The first kappa shape index (κ1) is 14.0. The summed E-state index contributed by atoms with van der Waals surface area (Å²) in [7, 11) is 0. The van der Waals surface area contributed by atoms with Gasteiger partial charge in [0.15, 0.2) is 0 Å². The standard InChI is InChI=1S/C13H16N4O3/c1-3-19-11(18)5-4-10-16-13(17-20-10)12-8(2)6-9(14)7-15-12/h6-7H,3-5,14H2,1-2H3. The second-order valence-electron chi connectivity index (χ2n) is 4.25. The lowest BCUT2D eigenvalue weighted by molar-refractivity contribution is -0.143. The van der Waals surface area contributed by atoms with Crippen molar-refractivity contribution in [1.82, 2.24) is 15.1 Å². The average molecular weight is 276 g/mol. The lowest BCUT2D eigenvalue weighted by Gasteiger charge is -2.00. The first-order valence-corrected chi connectivity index (χ1v) is 6.31. The highest BCUT2D eigenvalue weighted by molar-refractivity contribution is 5.69. The molecule has 7 heteroatoms. The highest BCUT2D eigenvalue weighted by Crippen LogP contribution is 2.19. The Morgan fingerprint density at radius 2 is 2.30 bits per heavy atom. The average Bonchev–Trinajstić information content (AvgIpc) is 2.85. The minimum atomic E-state index is -0.283. The van der Waals surface area contributed by atoms with E-state index in [1.165, 1.54) is 6.20 Å². The van der Waals surface area contributed by atoms with Crippen molar-refractivity contribution in [2.45, 2.75) is 26.7 Å². The Bertz CT molecular complexity index is 609. The molecule has 0 aliphatic rings. The van der Waals surface area contributed by atoms with Crippen LogP contribution in [0.3, 0.4) is 0 Å². The molecule has 2 heterocycles. The van der Waals surface area contributed by atoms with Gasteiger partial charge in [0, 0.05) is 6.42 Å². The minimum absolute atomic E-state index is 0.212. The zero-order chi connectivity index (χ0) is 14.5. The Morgan fingerprint density at radius 1 is 1.50 bits per heavy atom. The summed E-state index contributed by atoms with van der Waals surface area (Å²) in [6.45, 7) is 3.99. The number of ether oxygens (including phenoxy) is 1. The number of nitrogens with zero attached hydrogens (tertiary/aromatic N) is 3. The second kappa shape index (κ2) is 6.14. The van der Waals surface area contributed by atoms with E-state index in [-0.39, 0.29) is 12.4 Å². The molecule has 2 aromatic heterocycles. The van der Waals surface area contributed by atoms with E-state index >= 15 is 0 Å². The van der Waals surface area contributed by atoms with Crippen LogP contribution in [0.25, 0.3) is 11.5 Å². The van der Waals surface area contributed by atoms with E-state index in [2.05, 4.69) is 15.1 Å². The van der Waals surface area contributed by atoms with Gasteiger partial charge in [0.25, 0.3) is 0 Å². The SMILES string of the molecule is CCOC(=O)CCc1nc(-c2ncc(N)cc2C)no1. The van der Waals surface area contributed by atoms with Gasteiger partial charge < -0.3 is 15.0 Å². The number of rotatable bonds is 5. The third-order valence-corrected chi connectivity index (χ3v) is 2.63. The van der Waals surface area contributed by atoms with Gasteiger partial charge in [0.05, 0.1) is 24.9 Å². The first-order chi connectivity index (χ1) is 9.60. The Labute approximate surface area is 116 Å². The Morgan fingerprint density at radius 3 is 3.00 bits per heavy atom. The van der Waals surface area contributed by atoms with Crippen LogP contribution < -0.4 is 5.73 Å². The van der Waals surface area contributed by atoms with Crippen molar-refractivity contribution in [3.63, 3.8) is 0 Å². The van der Waals surface area contributed by atoms with Crippen molar-refractivity contribution in [1.29, 1.82) is 0 Å². The van der Waals surface area contributed by atoms with Gasteiger partial charge in [-0.1, -0.05) is 5.16 Å². The third kappa shape index (κ3) is 3.31. The predicted molar refractivity (Wildman–Crippen MR) is 71.6 cm³/mol. The number of hydrogen-bond donors (Lipinski definition) is 1. The highest BCUT2D eigenvalue weighted by Gasteiger charge is 2.13. The Kier molecular flexibility index (Phi) is 4.29. The van der Waals surface area contributed by atoms with E-state index < -0.39 is 0 Å². The molecular formula is C13H16N4O3. The van der Waals surface area contributed by atoms with Gasteiger partial charge in [-0.25, -0.2) is 0 Å². The number of carbonyl (C=O) groups is 1. The smallest absolute Gasteiger partial charge is 0.306 e. The van der Waals surface area contributed by atoms with Gasteiger partial charge in [0.1, 0.15) is 5.69 Å². The summed E-state index contributed by atoms with van der Waals surface area (Å²) >= 11 is 0. The highest BCUT2D eigenvalue weighted by atomic mass is 16.5. The molecule has 0 fully saturated rings. The Balaban J connectivity index is 2.07. The third-order valence-electron chi connectivity index (χ3n) is 2.63. The molecule has 7 nitrogen and oxygen atoms in total. The van der Waals surface area contributed by atoms with Gasteiger partial charge in [-0.2, -0.15) is 4.98 Å². The molecule has 0 spiro atoms. The van der Waals surface area contributed by atoms with E-state index in [1.54, 1.807) is 13.0 Å². The number of pyridine rings is 1. The van der Waals surface area contributed by atoms with Crippen LogP contribution in [0.2, 0.25) is 0 Å². The van der Waals surface area contributed by atoms with E-state index in [0.717, 1.165) is 5.56 Å². The number of anilines is 1. The molecule has 0 unspecified atom stereocenters. The van der Waals surface area contributed by atoms with Crippen LogP contribution in [0, 0.1) is 6.92 Å². The fourth-order valence-electron chi connectivity index (χ4n) is 1.73. The summed E-state index contributed by atoms with van der Waals surface area (Å²) in [6.07, 6.45) is 2.10. The molecule has 0 aliphatic carbocycles. The molecule has 2 rings (SSSR count). The maximum absolute atomic E-state index is 11.2. The van der Waals surface area contributed by atoms with Crippen molar-refractivity contribution < 1.29 is 14.1 Å². The van der Waals surface area contributed by atoms with Crippen molar-refractivity contribution >= 4 is 11.7 Å². The summed E-state index contributed by atoms with van der Waals surface area (Å²) < 4.78 is 9.93. The lowest BCUT2D eigenvalue weighted by atomic mass is 10.2. The molecule has 0 aliphatic heterocycles. The monoisotopic (exact) mass is 276 g/mol. The molecule has 2 aromatic rings. The number of esters is 1. The van der Waals surface area contributed by atoms with Crippen molar-refractivity contribution in [2.24, 2.45) is 0 Å². The number of nitrogen functional groups attached to an aromatic ring is 1. The number of aromatic nitrogens is 3. The molecule has 0 saturated carbocycles. The second-order valence-corrected chi connectivity index (χ2v) is 4.25. The van der Waals surface area contributed by atoms with Crippen molar-refractivity contribution in [3.8, 4) is 11.5 Å². The predicted octanol–water partition coefficient (Wildman–Crippen LogP) is 1.52. The lowest BCUT2D eigenvalue weighted by Crippen LogP contribution is -2.05. The normalized spacial score (nSPS) is 10.5. The van der Waals surface area contributed by atoms with E-state index in [1.807, 2.05) is 6.92 Å². The molecule has 0 aromatic carbocycles. The number of hydrogen-bond acceptors (Lipinski definition) is 7. The quantitative estimate of drug-likeness (QED) is 0.825. The maximum atomic E-state index is 11.2. The molecule has 2 N–H and O–H groups in total. The van der Waals surface area contributed by atoms with E-state index in [9.17, 15) is 4.79 Å². The largest absolute Gasteiger partial charge is 0.466 e. The summed E-state index contributed by atoms with van der Waals surface area (Å²) in [4.78, 5) is 19.6. The van der Waals surface area contributed by atoms with Gasteiger partial charge in [0.2, 0.25) is 11.7 Å². The molecule has 20 heavy (non-hydrogen) atoms. The van der Waals surface area contributed by atoms with Crippen LogP contribution in [-0.2, 0) is 16.0 Å². The van der Waals surface area contributed by atoms with Gasteiger partial charge in [-0.05, 0) is 25.5 Å². The van der Waals surface area contributed by atoms with Gasteiger partial charge in [-0.3, -0.25) is 9.78 Å². The number of aryl methyl sites for hydroxylation is 2. The van der Waals surface area contributed by atoms with Crippen molar-refractivity contribution in [2.75, 3.05) is 12.3 Å². The van der Waals surface area contributed by atoms with Crippen LogP contribution in [0.5, 0.6) is 0 Å². The molecule has 0 radical (unpaired) electrons. The van der Waals surface area contributed by atoms with Crippen LogP contribution >= 0.6 is 0 Å². The number of nitrogens with two attached hydrogens (primary N) is 1. The zero-order valence-corrected chi connectivity index (χ0v) is 11.4. The fourth-order valence-corrected chi connectivity index (χ4v) is 1.73. The summed E-state index contributed by atoms with van der Waals surface area (Å²) in [5.41, 5.74) is 7.70. The molecule has 0 amide bonds. The minimum Gasteiger partial charge on any atom is -0.466 e. The molecule has 0 bridgehead atoms. The zero-order valence-electron chi connectivity index (χ0n) is 11.4. The van der Waals surface area contributed by atoms with Crippen LogP contribution in [0.1, 0.15) is 24.8 Å². The van der Waals surface area contributed by atoms with E-state index in [4.69, 9.17) is 15.0 Å². The maximum Gasteiger partial charge on any atom is 0.306 e. The number of carbonyl (C=O) groups excluding carboxylic acids is 1. The molecule has 0 atom stereocenters. The van der Waals surface area contributed by atoms with Crippen LogP contribution in [-0.4, -0.2) is 27.7 Å². The topological polar surface area (TPSA) is 104 Å². The summed E-state index contributed by atoms with van der Waals surface area (Å²) in [5, 5.41) is 3.86. The van der Waals surface area contributed by atoms with Gasteiger partial charge >= 0.3 is 5.97 Å². The van der Waals surface area contributed by atoms with Crippen LogP contribution in [0.15, 0.2) is 16.8 Å². The first-order valence-electron chi connectivity index (χ1n) is 6.31. The van der Waals surface area contributed by atoms with Crippen molar-refractivity contribution in [3.05, 3.63) is 23.7 Å². The summed E-state index contributed by atoms with van der Waals surface area (Å²) in [6, 6.07) is 1.79. The molecule has 106 valence electrons.